The van der Waals surface area contributed by atoms with Crippen LogP contribution in [-0.2, 0) is 4.74 Å². The number of aryl methyl sites for hydroxylation is 1. The molecule has 3 nitrogen and oxygen atoms in total. The molecule has 1 atom stereocenters. The molecule has 1 unspecified atom stereocenters. The zero-order chi connectivity index (χ0) is 13.0. The first-order chi connectivity index (χ1) is 8.66. The van der Waals surface area contributed by atoms with Crippen LogP contribution in [0.5, 0.6) is 0 Å². The van der Waals surface area contributed by atoms with Crippen LogP contribution in [0.15, 0.2) is 22.7 Å². The number of hydrogen-bond donors (Lipinski definition) is 1. The molecule has 1 saturated heterocycles. The quantitative estimate of drug-likeness (QED) is 0.928. The van der Waals surface area contributed by atoms with E-state index < -0.39 is 0 Å². The Hall–Kier alpha value is -0.870. The summed E-state index contributed by atoms with van der Waals surface area (Å²) >= 11 is 3.41. The van der Waals surface area contributed by atoms with Gasteiger partial charge in [0, 0.05) is 24.2 Å². The maximum atomic E-state index is 12.0. The van der Waals surface area contributed by atoms with Gasteiger partial charge < -0.3 is 10.1 Å². The Morgan fingerprint density at radius 2 is 2.39 bits per heavy atom. The molecule has 0 spiro atoms. The lowest BCUT2D eigenvalue weighted by molar-refractivity contribution is 0.0949. The normalized spacial score (nSPS) is 18.9. The Balaban J connectivity index is 1.85. The topological polar surface area (TPSA) is 38.3 Å². The highest BCUT2D eigenvalue weighted by molar-refractivity contribution is 9.10. The molecule has 1 aromatic carbocycles. The van der Waals surface area contributed by atoms with Crippen molar-refractivity contribution in [1.29, 1.82) is 0 Å². The molecule has 1 fully saturated rings. The van der Waals surface area contributed by atoms with Crippen molar-refractivity contribution >= 4 is 21.8 Å². The van der Waals surface area contributed by atoms with Gasteiger partial charge in [0.15, 0.2) is 0 Å². The maximum Gasteiger partial charge on any atom is 0.252 e. The number of benzene rings is 1. The van der Waals surface area contributed by atoms with Gasteiger partial charge in [-0.25, -0.2) is 0 Å². The van der Waals surface area contributed by atoms with Gasteiger partial charge in [0.05, 0.1) is 5.56 Å². The smallest absolute Gasteiger partial charge is 0.252 e. The molecule has 1 heterocycles. The van der Waals surface area contributed by atoms with Crippen LogP contribution in [0.2, 0.25) is 0 Å². The minimum absolute atomic E-state index is 0.00973. The molecule has 0 bridgehead atoms. The average molecular weight is 312 g/mol. The van der Waals surface area contributed by atoms with Crippen LogP contribution >= 0.6 is 15.9 Å². The number of nitrogens with one attached hydrogen (secondary N) is 1. The van der Waals surface area contributed by atoms with Gasteiger partial charge in [-0.3, -0.25) is 4.79 Å². The molecule has 4 heteroatoms. The van der Waals surface area contributed by atoms with Crippen LogP contribution in [0.1, 0.15) is 28.8 Å². The Kier molecular flexibility index (Phi) is 4.78. The fourth-order valence-electron chi connectivity index (χ4n) is 2.11. The van der Waals surface area contributed by atoms with Gasteiger partial charge in [-0.15, -0.1) is 0 Å². The molecule has 1 N–H and O–H groups in total. The summed E-state index contributed by atoms with van der Waals surface area (Å²) in [6.07, 6.45) is 2.11. The van der Waals surface area contributed by atoms with E-state index in [1.807, 2.05) is 25.1 Å². The van der Waals surface area contributed by atoms with E-state index >= 15 is 0 Å². The molecule has 2 rings (SSSR count). The fraction of sp³-hybridized carbons (Fsp3) is 0.500. The Bertz CT molecular complexity index is 428. The highest BCUT2D eigenvalue weighted by Gasteiger charge is 2.16. The van der Waals surface area contributed by atoms with Crippen LogP contribution in [0.25, 0.3) is 0 Å². The molecule has 1 aromatic rings. The van der Waals surface area contributed by atoms with Crippen LogP contribution in [-0.4, -0.2) is 25.7 Å². The first-order valence-electron chi connectivity index (χ1n) is 6.29. The van der Waals surface area contributed by atoms with Crippen molar-refractivity contribution in [3.63, 3.8) is 0 Å². The number of ether oxygens (including phenoxy) is 1. The minimum Gasteiger partial charge on any atom is -0.381 e. The SMILES string of the molecule is Cc1ccc(Br)c(C(=O)NCCC2CCOC2)c1. The second-order valence-corrected chi connectivity index (χ2v) is 5.61. The van der Waals surface area contributed by atoms with E-state index in [2.05, 4.69) is 21.2 Å². The fourth-order valence-corrected chi connectivity index (χ4v) is 2.54. The summed E-state index contributed by atoms with van der Waals surface area (Å²) in [5.74, 6) is 0.593. The molecule has 18 heavy (non-hydrogen) atoms. The molecule has 0 radical (unpaired) electrons. The first-order valence-corrected chi connectivity index (χ1v) is 7.08. The van der Waals surface area contributed by atoms with Crippen molar-refractivity contribution in [2.24, 2.45) is 5.92 Å². The highest BCUT2D eigenvalue weighted by Crippen LogP contribution is 2.18. The largest absolute Gasteiger partial charge is 0.381 e. The van der Waals surface area contributed by atoms with Gasteiger partial charge in [-0.05, 0) is 53.7 Å². The number of hydrogen-bond acceptors (Lipinski definition) is 2. The van der Waals surface area contributed by atoms with Crippen LogP contribution in [0, 0.1) is 12.8 Å². The summed E-state index contributed by atoms with van der Waals surface area (Å²) in [7, 11) is 0. The lowest BCUT2D eigenvalue weighted by atomic mass is 10.1. The molecule has 0 aromatic heterocycles. The zero-order valence-electron chi connectivity index (χ0n) is 10.5. The van der Waals surface area contributed by atoms with Gasteiger partial charge in [-0.1, -0.05) is 11.6 Å². The van der Waals surface area contributed by atoms with E-state index in [1.54, 1.807) is 0 Å². The molecule has 98 valence electrons. The highest BCUT2D eigenvalue weighted by atomic mass is 79.9. The van der Waals surface area contributed by atoms with Crippen molar-refractivity contribution in [3.8, 4) is 0 Å². The monoisotopic (exact) mass is 311 g/mol. The molecule has 0 saturated carbocycles. The lowest BCUT2D eigenvalue weighted by Gasteiger charge is -2.10. The number of amides is 1. The number of carbonyl (C=O) groups excluding carboxylic acids is 1. The molecule has 1 aliphatic heterocycles. The maximum absolute atomic E-state index is 12.0. The van der Waals surface area contributed by atoms with Crippen LogP contribution in [0.4, 0.5) is 0 Å². The lowest BCUT2D eigenvalue weighted by Crippen LogP contribution is -2.26. The predicted molar refractivity (Wildman–Crippen MR) is 74.8 cm³/mol. The van der Waals surface area contributed by atoms with Crippen molar-refractivity contribution in [3.05, 3.63) is 33.8 Å². The van der Waals surface area contributed by atoms with E-state index in [1.165, 1.54) is 0 Å². The molecular weight excluding hydrogens is 294 g/mol. The molecular formula is C14H18BrNO2. The third-order valence-corrected chi connectivity index (χ3v) is 3.92. The first kappa shape index (κ1) is 13.6. The van der Waals surface area contributed by atoms with Gasteiger partial charge >= 0.3 is 0 Å². The molecule has 1 amide bonds. The van der Waals surface area contributed by atoms with Gasteiger partial charge in [0.2, 0.25) is 0 Å². The van der Waals surface area contributed by atoms with E-state index in [0.29, 0.717) is 18.0 Å². The predicted octanol–water partition coefficient (Wildman–Crippen LogP) is 2.91. The van der Waals surface area contributed by atoms with Crippen molar-refractivity contribution in [1.82, 2.24) is 5.32 Å². The Morgan fingerprint density at radius 3 is 3.11 bits per heavy atom. The summed E-state index contributed by atoms with van der Waals surface area (Å²) < 4.78 is 6.16. The number of halogens is 1. The second-order valence-electron chi connectivity index (χ2n) is 4.76. The number of carbonyl (C=O) groups is 1. The van der Waals surface area contributed by atoms with Crippen LogP contribution in [0.3, 0.4) is 0 Å². The third-order valence-electron chi connectivity index (χ3n) is 3.23. The van der Waals surface area contributed by atoms with E-state index in [4.69, 9.17) is 4.74 Å². The molecule has 1 aliphatic rings. The summed E-state index contributed by atoms with van der Waals surface area (Å²) in [5, 5.41) is 2.97. The third kappa shape index (κ3) is 3.56. The van der Waals surface area contributed by atoms with Crippen LogP contribution < -0.4 is 5.32 Å². The van der Waals surface area contributed by atoms with Crippen molar-refractivity contribution in [2.45, 2.75) is 19.8 Å². The van der Waals surface area contributed by atoms with Gasteiger partial charge in [0.1, 0.15) is 0 Å². The standard InChI is InChI=1S/C14H18BrNO2/c1-10-2-3-13(15)12(8-10)14(17)16-6-4-11-5-7-18-9-11/h2-3,8,11H,4-7,9H2,1H3,(H,16,17). The Morgan fingerprint density at radius 1 is 1.56 bits per heavy atom. The van der Waals surface area contributed by atoms with E-state index in [9.17, 15) is 4.79 Å². The summed E-state index contributed by atoms with van der Waals surface area (Å²) in [6.45, 7) is 4.40. The van der Waals surface area contributed by atoms with Crippen molar-refractivity contribution < 1.29 is 9.53 Å². The molecule has 0 aliphatic carbocycles. The van der Waals surface area contributed by atoms with Gasteiger partial charge in [-0.2, -0.15) is 0 Å². The van der Waals surface area contributed by atoms with Crippen molar-refractivity contribution in [2.75, 3.05) is 19.8 Å². The minimum atomic E-state index is -0.00973. The second kappa shape index (κ2) is 6.34. The summed E-state index contributed by atoms with van der Waals surface area (Å²) in [5.41, 5.74) is 1.80. The van der Waals surface area contributed by atoms with Gasteiger partial charge in [0.25, 0.3) is 5.91 Å². The Labute approximate surface area is 116 Å². The average Bonchev–Trinajstić information content (AvgIpc) is 2.85. The zero-order valence-corrected chi connectivity index (χ0v) is 12.1. The summed E-state index contributed by atoms with van der Waals surface area (Å²) in [4.78, 5) is 12.0. The summed E-state index contributed by atoms with van der Waals surface area (Å²) in [6, 6.07) is 5.80. The van der Waals surface area contributed by atoms with E-state index in [-0.39, 0.29) is 5.91 Å². The van der Waals surface area contributed by atoms with E-state index in [0.717, 1.165) is 36.1 Å². The number of rotatable bonds is 4.